The molecule has 108 valence electrons. The molecule has 1 aromatic carbocycles. The standard InChI is InChI=1S/C16H16N2O2S/c1-3-15-17-13-6-11(16(19)20)4-5-14(13)18(15)7-12-9-21-8-10(12)2/h4-6,8-9H,3,7H2,1-2H3,(H,19,20). The van der Waals surface area contributed by atoms with Crippen molar-refractivity contribution in [2.24, 2.45) is 0 Å². The van der Waals surface area contributed by atoms with Crippen LogP contribution in [-0.2, 0) is 13.0 Å². The molecule has 0 radical (unpaired) electrons. The number of carbonyl (C=O) groups is 1. The smallest absolute Gasteiger partial charge is 0.335 e. The number of hydrogen-bond acceptors (Lipinski definition) is 3. The highest BCUT2D eigenvalue weighted by molar-refractivity contribution is 7.08. The molecule has 2 aromatic heterocycles. The number of benzene rings is 1. The van der Waals surface area contributed by atoms with Gasteiger partial charge in [-0.15, -0.1) is 0 Å². The summed E-state index contributed by atoms with van der Waals surface area (Å²) in [6.45, 7) is 4.96. The van der Waals surface area contributed by atoms with Crippen molar-refractivity contribution in [3.63, 3.8) is 0 Å². The molecule has 0 saturated heterocycles. The second-order valence-electron chi connectivity index (χ2n) is 5.06. The van der Waals surface area contributed by atoms with Gasteiger partial charge in [0.25, 0.3) is 0 Å². The van der Waals surface area contributed by atoms with Crippen LogP contribution in [0.2, 0.25) is 0 Å². The van der Waals surface area contributed by atoms with Gasteiger partial charge in [-0.05, 0) is 47.0 Å². The van der Waals surface area contributed by atoms with E-state index in [0.717, 1.165) is 29.8 Å². The molecule has 0 fully saturated rings. The first kappa shape index (κ1) is 13.8. The van der Waals surface area contributed by atoms with Crippen LogP contribution in [0.3, 0.4) is 0 Å². The van der Waals surface area contributed by atoms with Gasteiger partial charge in [-0.25, -0.2) is 9.78 Å². The molecule has 4 nitrogen and oxygen atoms in total. The largest absolute Gasteiger partial charge is 0.478 e. The third kappa shape index (κ3) is 2.45. The van der Waals surface area contributed by atoms with E-state index in [0.29, 0.717) is 0 Å². The van der Waals surface area contributed by atoms with Gasteiger partial charge >= 0.3 is 5.97 Å². The minimum absolute atomic E-state index is 0.279. The summed E-state index contributed by atoms with van der Waals surface area (Å²) < 4.78 is 2.18. The molecular weight excluding hydrogens is 284 g/mol. The van der Waals surface area contributed by atoms with E-state index in [-0.39, 0.29) is 5.56 Å². The van der Waals surface area contributed by atoms with Gasteiger partial charge < -0.3 is 9.67 Å². The molecule has 0 atom stereocenters. The number of carboxylic acid groups (broad SMARTS) is 1. The van der Waals surface area contributed by atoms with Crippen LogP contribution in [-0.4, -0.2) is 20.6 Å². The van der Waals surface area contributed by atoms with E-state index in [4.69, 9.17) is 5.11 Å². The lowest BCUT2D eigenvalue weighted by atomic mass is 10.2. The molecule has 2 heterocycles. The number of imidazole rings is 1. The van der Waals surface area contributed by atoms with Gasteiger partial charge in [-0.1, -0.05) is 6.92 Å². The van der Waals surface area contributed by atoms with Gasteiger partial charge in [0, 0.05) is 6.42 Å². The summed E-state index contributed by atoms with van der Waals surface area (Å²) in [4.78, 5) is 15.7. The van der Waals surface area contributed by atoms with Crippen LogP contribution in [0, 0.1) is 6.92 Å². The fraction of sp³-hybridized carbons (Fsp3) is 0.250. The summed E-state index contributed by atoms with van der Waals surface area (Å²) in [6.07, 6.45) is 0.820. The fourth-order valence-electron chi connectivity index (χ4n) is 2.48. The molecule has 5 heteroatoms. The average molecular weight is 300 g/mol. The Bertz CT molecular complexity index is 817. The molecule has 0 aliphatic carbocycles. The molecule has 0 amide bonds. The van der Waals surface area contributed by atoms with Gasteiger partial charge in [-0.3, -0.25) is 0 Å². The molecule has 0 spiro atoms. The van der Waals surface area contributed by atoms with Crippen molar-refractivity contribution < 1.29 is 9.90 Å². The van der Waals surface area contributed by atoms with E-state index in [1.807, 2.05) is 6.07 Å². The molecule has 0 unspecified atom stereocenters. The lowest BCUT2D eigenvalue weighted by molar-refractivity contribution is 0.0697. The Kier molecular flexibility index (Phi) is 3.51. The molecule has 0 bridgehead atoms. The number of hydrogen-bond donors (Lipinski definition) is 1. The Morgan fingerprint density at radius 1 is 1.38 bits per heavy atom. The zero-order valence-corrected chi connectivity index (χ0v) is 12.8. The number of carboxylic acids is 1. The van der Waals surface area contributed by atoms with Crippen molar-refractivity contribution in [2.75, 3.05) is 0 Å². The number of fused-ring (bicyclic) bond motifs is 1. The van der Waals surface area contributed by atoms with Gasteiger partial charge in [0.05, 0.1) is 23.1 Å². The molecular formula is C16H16N2O2S. The molecule has 3 aromatic rings. The van der Waals surface area contributed by atoms with Crippen LogP contribution >= 0.6 is 11.3 Å². The van der Waals surface area contributed by atoms with Crippen LogP contribution < -0.4 is 0 Å². The van der Waals surface area contributed by atoms with Crippen molar-refractivity contribution in [2.45, 2.75) is 26.8 Å². The molecule has 3 rings (SSSR count). The third-order valence-electron chi connectivity index (χ3n) is 3.68. The van der Waals surface area contributed by atoms with Crippen LogP contribution in [0.4, 0.5) is 0 Å². The molecule has 0 aliphatic rings. The molecule has 0 saturated carbocycles. The van der Waals surface area contributed by atoms with E-state index in [2.05, 4.69) is 34.2 Å². The van der Waals surface area contributed by atoms with Crippen LogP contribution in [0.1, 0.15) is 34.2 Å². The predicted octanol–water partition coefficient (Wildman–Crippen LogP) is 3.72. The topological polar surface area (TPSA) is 55.1 Å². The Morgan fingerprint density at radius 2 is 2.19 bits per heavy atom. The number of rotatable bonds is 4. The van der Waals surface area contributed by atoms with E-state index in [1.54, 1.807) is 23.5 Å². The fourth-order valence-corrected chi connectivity index (χ4v) is 3.33. The minimum atomic E-state index is -0.918. The van der Waals surface area contributed by atoms with Gasteiger partial charge in [0.15, 0.2) is 0 Å². The van der Waals surface area contributed by atoms with Crippen LogP contribution in [0.15, 0.2) is 29.0 Å². The monoisotopic (exact) mass is 300 g/mol. The first-order valence-corrected chi connectivity index (χ1v) is 7.78. The van der Waals surface area contributed by atoms with Crippen molar-refractivity contribution in [3.05, 3.63) is 51.5 Å². The zero-order chi connectivity index (χ0) is 15.0. The van der Waals surface area contributed by atoms with Gasteiger partial charge in [0.1, 0.15) is 5.82 Å². The van der Waals surface area contributed by atoms with Crippen LogP contribution in [0.25, 0.3) is 11.0 Å². The van der Waals surface area contributed by atoms with Crippen molar-refractivity contribution >= 4 is 28.3 Å². The number of aryl methyl sites for hydroxylation is 2. The molecule has 21 heavy (non-hydrogen) atoms. The van der Waals surface area contributed by atoms with Crippen molar-refractivity contribution in [1.29, 1.82) is 0 Å². The Labute approximate surface area is 126 Å². The number of thiophene rings is 1. The van der Waals surface area contributed by atoms with E-state index >= 15 is 0 Å². The third-order valence-corrected chi connectivity index (χ3v) is 4.59. The summed E-state index contributed by atoms with van der Waals surface area (Å²) in [6, 6.07) is 5.14. The maximum Gasteiger partial charge on any atom is 0.335 e. The normalized spacial score (nSPS) is 11.1. The Morgan fingerprint density at radius 3 is 2.81 bits per heavy atom. The SMILES string of the molecule is CCc1nc2cc(C(=O)O)ccc2n1Cc1cscc1C. The quantitative estimate of drug-likeness (QED) is 0.799. The maximum absolute atomic E-state index is 11.1. The lowest BCUT2D eigenvalue weighted by Gasteiger charge is -2.08. The highest BCUT2D eigenvalue weighted by Gasteiger charge is 2.13. The van der Waals surface area contributed by atoms with Crippen molar-refractivity contribution in [1.82, 2.24) is 9.55 Å². The molecule has 1 N–H and O–H groups in total. The lowest BCUT2D eigenvalue weighted by Crippen LogP contribution is -2.04. The summed E-state index contributed by atoms with van der Waals surface area (Å²) in [5.41, 5.74) is 4.59. The predicted molar refractivity (Wildman–Crippen MR) is 84.2 cm³/mol. The summed E-state index contributed by atoms with van der Waals surface area (Å²) in [5, 5.41) is 13.4. The van der Waals surface area contributed by atoms with E-state index in [1.165, 1.54) is 11.1 Å². The second-order valence-corrected chi connectivity index (χ2v) is 5.80. The summed E-state index contributed by atoms with van der Waals surface area (Å²) >= 11 is 1.70. The zero-order valence-electron chi connectivity index (χ0n) is 12.0. The van der Waals surface area contributed by atoms with Crippen LogP contribution in [0.5, 0.6) is 0 Å². The second kappa shape index (κ2) is 5.33. The van der Waals surface area contributed by atoms with E-state index in [9.17, 15) is 4.79 Å². The number of nitrogens with zero attached hydrogens (tertiary/aromatic N) is 2. The molecule has 0 aliphatic heterocycles. The highest BCUT2D eigenvalue weighted by Crippen LogP contribution is 2.22. The first-order valence-electron chi connectivity index (χ1n) is 6.84. The maximum atomic E-state index is 11.1. The van der Waals surface area contributed by atoms with Gasteiger partial charge in [0.2, 0.25) is 0 Å². The first-order chi connectivity index (χ1) is 10.1. The summed E-state index contributed by atoms with van der Waals surface area (Å²) in [7, 11) is 0. The minimum Gasteiger partial charge on any atom is -0.478 e. The number of aromatic nitrogens is 2. The summed E-state index contributed by atoms with van der Waals surface area (Å²) in [5.74, 6) is 0.0660. The Hall–Kier alpha value is -2.14. The Balaban J connectivity index is 2.12. The van der Waals surface area contributed by atoms with Crippen molar-refractivity contribution in [3.8, 4) is 0 Å². The van der Waals surface area contributed by atoms with Gasteiger partial charge in [-0.2, -0.15) is 11.3 Å². The van der Waals surface area contributed by atoms with E-state index < -0.39 is 5.97 Å². The highest BCUT2D eigenvalue weighted by atomic mass is 32.1. The number of aromatic carboxylic acids is 1. The average Bonchev–Trinajstić information content (AvgIpc) is 3.03.